The molecule has 0 aromatic heterocycles. The summed E-state index contributed by atoms with van der Waals surface area (Å²) in [5.74, 6) is -0.832. The summed E-state index contributed by atoms with van der Waals surface area (Å²) in [6.07, 6.45) is 0.0370. The van der Waals surface area contributed by atoms with Crippen LogP contribution in [0.3, 0.4) is 0 Å². The highest BCUT2D eigenvalue weighted by molar-refractivity contribution is 5.79. The number of carbonyl (C=O) groups excluding carboxylic acids is 1. The molecular weight excluding hydrogens is 247 g/mol. The minimum Gasteiger partial charge on any atom is -0.392 e. The predicted octanol–water partition coefficient (Wildman–Crippen LogP) is 0.754. The van der Waals surface area contributed by atoms with Crippen molar-refractivity contribution in [2.45, 2.75) is 19.1 Å². The van der Waals surface area contributed by atoms with Crippen molar-refractivity contribution in [1.29, 1.82) is 0 Å². The molecule has 1 fully saturated rings. The Hall–Kier alpha value is -1.46. The first kappa shape index (κ1) is 14.0. The van der Waals surface area contributed by atoms with E-state index in [0.717, 1.165) is 12.1 Å². The van der Waals surface area contributed by atoms with Crippen molar-refractivity contribution in [3.63, 3.8) is 0 Å². The van der Waals surface area contributed by atoms with Gasteiger partial charge in [0.05, 0.1) is 12.0 Å². The molecule has 1 aromatic carbocycles. The molecule has 1 aromatic rings. The number of aliphatic hydroxyl groups excluding tert-OH is 1. The van der Waals surface area contributed by atoms with E-state index in [0.29, 0.717) is 19.5 Å². The fourth-order valence-corrected chi connectivity index (χ4v) is 2.28. The lowest BCUT2D eigenvalue weighted by atomic mass is 9.94. The minimum atomic E-state index is -0.579. The van der Waals surface area contributed by atoms with Crippen LogP contribution in [0.15, 0.2) is 24.3 Å². The van der Waals surface area contributed by atoms with Crippen molar-refractivity contribution in [3.8, 4) is 0 Å². The van der Waals surface area contributed by atoms with Crippen LogP contribution in [0, 0.1) is 11.7 Å². The maximum absolute atomic E-state index is 12.7. The van der Waals surface area contributed by atoms with Crippen molar-refractivity contribution in [1.82, 2.24) is 10.2 Å². The van der Waals surface area contributed by atoms with Gasteiger partial charge in [-0.1, -0.05) is 12.1 Å². The molecule has 19 heavy (non-hydrogen) atoms. The lowest BCUT2D eigenvalue weighted by Gasteiger charge is -2.32. The van der Waals surface area contributed by atoms with Crippen molar-refractivity contribution in [2.75, 3.05) is 20.1 Å². The third kappa shape index (κ3) is 3.75. The fraction of sp³-hybridized carbons (Fsp3) is 0.500. The Kier molecular flexibility index (Phi) is 4.50. The van der Waals surface area contributed by atoms with Crippen LogP contribution in [0.2, 0.25) is 0 Å². The van der Waals surface area contributed by atoms with E-state index in [4.69, 9.17) is 0 Å². The first-order valence-electron chi connectivity index (χ1n) is 6.45. The molecule has 0 spiro atoms. The third-order valence-electron chi connectivity index (χ3n) is 3.50. The van der Waals surface area contributed by atoms with Crippen LogP contribution in [-0.2, 0) is 11.3 Å². The first-order chi connectivity index (χ1) is 9.06. The quantitative estimate of drug-likeness (QED) is 0.849. The number of nitrogens with one attached hydrogen (secondary N) is 1. The van der Waals surface area contributed by atoms with Gasteiger partial charge in [0.1, 0.15) is 5.82 Å². The van der Waals surface area contributed by atoms with Crippen LogP contribution < -0.4 is 5.32 Å². The van der Waals surface area contributed by atoms with Crippen molar-refractivity contribution < 1.29 is 14.3 Å². The number of piperidine rings is 1. The average Bonchev–Trinajstić information content (AvgIpc) is 2.40. The largest absolute Gasteiger partial charge is 0.392 e. The maximum Gasteiger partial charge on any atom is 0.227 e. The molecule has 104 valence electrons. The van der Waals surface area contributed by atoms with Gasteiger partial charge >= 0.3 is 0 Å². The molecule has 2 N–H and O–H groups in total. The Bertz CT molecular complexity index is 436. The zero-order chi connectivity index (χ0) is 13.8. The summed E-state index contributed by atoms with van der Waals surface area (Å²) >= 11 is 0. The van der Waals surface area contributed by atoms with Gasteiger partial charge in [0.25, 0.3) is 0 Å². The Morgan fingerprint density at radius 3 is 2.84 bits per heavy atom. The molecule has 1 aliphatic heterocycles. The SMILES string of the molecule is CN1CC[C@H](O)[C@H](C(=O)NCc2ccc(F)cc2)C1. The average molecular weight is 266 g/mol. The van der Waals surface area contributed by atoms with Gasteiger partial charge < -0.3 is 15.3 Å². The topological polar surface area (TPSA) is 52.6 Å². The zero-order valence-electron chi connectivity index (χ0n) is 11.0. The number of halogens is 1. The Balaban J connectivity index is 1.88. The Labute approximate surface area is 112 Å². The van der Waals surface area contributed by atoms with E-state index < -0.39 is 6.10 Å². The van der Waals surface area contributed by atoms with Crippen LogP contribution >= 0.6 is 0 Å². The smallest absolute Gasteiger partial charge is 0.227 e. The number of hydrogen-bond acceptors (Lipinski definition) is 3. The van der Waals surface area contributed by atoms with Crippen molar-refractivity contribution in [3.05, 3.63) is 35.6 Å². The van der Waals surface area contributed by atoms with Gasteiger partial charge in [-0.2, -0.15) is 0 Å². The summed E-state index contributed by atoms with van der Waals surface area (Å²) in [4.78, 5) is 14.1. The zero-order valence-corrected chi connectivity index (χ0v) is 11.0. The molecule has 0 saturated carbocycles. The second-order valence-corrected chi connectivity index (χ2v) is 5.07. The molecule has 2 atom stereocenters. The number of benzene rings is 1. The molecule has 0 bridgehead atoms. The highest BCUT2D eigenvalue weighted by atomic mass is 19.1. The highest BCUT2D eigenvalue weighted by Gasteiger charge is 2.31. The molecule has 1 saturated heterocycles. The molecule has 1 amide bonds. The van der Waals surface area contributed by atoms with E-state index in [9.17, 15) is 14.3 Å². The number of carbonyl (C=O) groups is 1. The van der Waals surface area contributed by atoms with E-state index in [2.05, 4.69) is 5.32 Å². The van der Waals surface area contributed by atoms with Gasteiger partial charge in [0.15, 0.2) is 0 Å². The number of amides is 1. The summed E-state index contributed by atoms with van der Waals surface area (Å²) in [5.41, 5.74) is 0.841. The van der Waals surface area contributed by atoms with Crippen LogP contribution in [0.5, 0.6) is 0 Å². The van der Waals surface area contributed by atoms with E-state index >= 15 is 0 Å². The molecule has 0 radical (unpaired) electrons. The molecule has 5 heteroatoms. The molecule has 4 nitrogen and oxygen atoms in total. The van der Waals surface area contributed by atoms with Crippen LogP contribution in [0.4, 0.5) is 4.39 Å². The number of aliphatic hydroxyl groups is 1. The van der Waals surface area contributed by atoms with E-state index in [1.54, 1.807) is 12.1 Å². The maximum atomic E-state index is 12.7. The fourth-order valence-electron chi connectivity index (χ4n) is 2.28. The van der Waals surface area contributed by atoms with Gasteiger partial charge in [-0.25, -0.2) is 4.39 Å². The summed E-state index contributed by atoms with van der Waals surface area (Å²) in [5, 5.41) is 12.6. The van der Waals surface area contributed by atoms with Gasteiger partial charge in [0, 0.05) is 19.6 Å². The second kappa shape index (κ2) is 6.12. The van der Waals surface area contributed by atoms with Gasteiger partial charge in [-0.15, -0.1) is 0 Å². The molecular formula is C14H19FN2O2. The van der Waals surface area contributed by atoms with Crippen molar-refractivity contribution in [2.24, 2.45) is 5.92 Å². The van der Waals surface area contributed by atoms with Crippen LogP contribution in [0.25, 0.3) is 0 Å². The lowest BCUT2D eigenvalue weighted by molar-refractivity contribution is -0.131. The lowest BCUT2D eigenvalue weighted by Crippen LogP contribution is -2.48. The van der Waals surface area contributed by atoms with E-state index in [1.807, 2.05) is 11.9 Å². The predicted molar refractivity (Wildman–Crippen MR) is 69.9 cm³/mol. The number of hydrogen-bond donors (Lipinski definition) is 2. The molecule has 0 aliphatic carbocycles. The van der Waals surface area contributed by atoms with Gasteiger partial charge in [-0.05, 0) is 31.2 Å². The standard InChI is InChI=1S/C14H19FN2O2/c1-17-7-6-13(18)12(9-17)14(19)16-8-10-2-4-11(15)5-3-10/h2-5,12-13,18H,6-9H2,1H3,(H,16,19)/t12-,13+/m1/s1. The van der Waals surface area contributed by atoms with Gasteiger partial charge in [0.2, 0.25) is 5.91 Å². The summed E-state index contributed by atoms with van der Waals surface area (Å²) < 4.78 is 12.7. The molecule has 1 heterocycles. The van der Waals surface area contributed by atoms with E-state index in [-0.39, 0.29) is 17.6 Å². The van der Waals surface area contributed by atoms with Crippen LogP contribution in [-0.4, -0.2) is 42.2 Å². The Morgan fingerprint density at radius 2 is 2.16 bits per heavy atom. The number of nitrogens with zero attached hydrogens (tertiary/aromatic N) is 1. The first-order valence-corrected chi connectivity index (χ1v) is 6.45. The highest BCUT2D eigenvalue weighted by Crippen LogP contribution is 2.16. The molecule has 0 unspecified atom stereocenters. The van der Waals surface area contributed by atoms with Crippen LogP contribution in [0.1, 0.15) is 12.0 Å². The number of likely N-dealkylation sites (tertiary alicyclic amines) is 1. The summed E-state index contributed by atoms with van der Waals surface area (Å²) in [7, 11) is 1.94. The third-order valence-corrected chi connectivity index (χ3v) is 3.50. The second-order valence-electron chi connectivity index (χ2n) is 5.07. The monoisotopic (exact) mass is 266 g/mol. The molecule has 2 rings (SSSR count). The Morgan fingerprint density at radius 1 is 1.47 bits per heavy atom. The summed E-state index contributed by atoms with van der Waals surface area (Å²) in [6.45, 7) is 1.73. The van der Waals surface area contributed by atoms with E-state index in [1.165, 1.54) is 12.1 Å². The number of rotatable bonds is 3. The summed E-state index contributed by atoms with van der Waals surface area (Å²) in [6, 6.07) is 6.01. The minimum absolute atomic E-state index is 0.150. The van der Waals surface area contributed by atoms with Gasteiger partial charge in [-0.3, -0.25) is 4.79 Å². The van der Waals surface area contributed by atoms with Crippen molar-refractivity contribution >= 4 is 5.91 Å². The normalized spacial score (nSPS) is 24.2. The molecule has 1 aliphatic rings.